The van der Waals surface area contributed by atoms with Gasteiger partial charge in [-0.05, 0) is 67.0 Å². The van der Waals surface area contributed by atoms with E-state index in [1.54, 1.807) is 0 Å². The molecule has 0 unspecified atom stereocenters. The first-order valence-electron chi connectivity index (χ1n) is 10.7. The van der Waals surface area contributed by atoms with E-state index >= 15 is 0 Å². The van der Waals surface area contributed by atoms with Gasteiger partial charge in [0.2, 0.25) is 0 Å². The van der Waals surface area contributed by atoms with Gasteiger partial charge in [-0.1, -0.05) is 45.4 Å². The molecular formula is C24H35N2O2P. The highest BCUT2D eigenvalue weighted by atomic mass is 31.2. The minimum atomic E-state index is -3.27. The number of nitrogens with zero attached hydrogens (tertiary/aromatic N) is 1. The Bertz CT molecular complexity index is 821. The second-order valence-electron chi connectivity index (χ2n) is 8.91. The zero-order valence-corrected chi connectivity index (χ0v) is 19.2. The Labute approximate surface area is 176 Å². The summed E-state index contributed by atoms with van der Waals surface area (Å²) in [6.45, 7) is 6.77. The lowest BCUT2D eigenvalue weighted by Gasteiger charge is -2.39. The highest BCUT2D eigenvalue weighted by molar-refractivity contribution is 7.68. The van der Waals surface area contributed by atoms with E-state index in [9.17, 15) is 4.57 Å². The zero-order valence-electron chi connectivity index (χ0n) is 18.3. The monoisotopic (exact) mass is 414 g/mol. The van der Waals surface area contributed by atoms with Gasteiger partial charge in [0.25, 0.3) is 0 Å². The van der Waals surface area contributed by atoms with Crippen molar-refractivity contribution in [1.29, 1.82) is 0 Å². The van der Waals surface area contributed by atoms with Gasteiger partial charge in [-0.25, -0.2) is 0 Å². The number of anilines is 2. The first-order valence-corrected chi connectivity index (χ1v) is 12.3. The third-order valence-electron chi connectivity index (χ3n) is 6.00. The smallest absolute Gasteiger partial charge is 0.324 e. The van der Waals surface area contributed by atoms with Gasteiger partial charge in [-0.2, -0.15) is 0 Å². The quantitative estimate of drug-likeness (QED) is 0.551. The molecule has 0 bridgehead atoms. The van der Waals surface area contributed by atoms with Crippen LogP contribution in [0.15, 0.2) is 54.6 Å². The Morgan fingerprint density at radius 3 is 2.28 bits per heavy atom. The Hall–Kier alpha value is -1.77. The summed E-state index contributed by atoms with van der Waals surface area (Å²) in [6.07, 6.45) is 3.31. The van der Waals surface area contributed by atoms with Gasteiger partial charge >= 0.3 is 7.52 Å². The largest absolute Gasteiger partial charge is 0.378 e. The van der Waals surface area contributed by atoms with Gasteiger partial charge in [-0.15, -0.1) is 0 Å². The SMILES string of the molecule is CC(C)[C@H]1CC[C@H](C)C[C@H]1O[P@](=O)(Nc1ccc(N(C)C)cc1)c1ccccc1. The van der Waals surface area contributed by atoms with E-state index in [0.29, 0.717) is 17.8 Å². The highest BCUT2D eigenvalue weighted by Crippen LogP contribution is 2.51. The van der Waals surface area contributed by atoms with Crippen LogP contribution in [0.25, 0.3) is 0 Å². The van der Waals surface area contributed by atoms with Crippen LogP contribution in [-0.4, -0.2) is 20.2 Å². The van der Waals surface area contributed by atoms with Gasteiger partial charge in [-0.3, -0.25) is 4.57 Å². The Morgan fingerprint density at radius 2 is 1.69 bits per heavy atom. The molecule has 2 aromatic rings. The molecule has 0 radical (unpaired) electrons. The number of benzene rings is 2. The van der Waals surface area contributed by atoms with E-state index in [-0.39, 0.29) is 6.10 Å². The van der Waals surface area contributed by atoms with Crippen molar-refractivity contribution in [3.05, 3.63) is 54.6 Å². The topological polar surface area (TPSA) is 41.6 Å². The average Bonchev–Trinajstić information content (AvgIpc) is 2.69. The van der Waals surface area contributed by atoms with Crippen molar-refractivity contribution in [2.45, 2.75) is 46.1 Å². The standard InChI is InChI=1S/C24H35N2O2P/c1-18(2)23-16-11-19(3)17-24(23)28-29(27,22-9-7-6-8-10-22)25-20-12-14-21(15-13-20)26(4)5/h6-10,12-15,18-19,23-24H,11,16-17H2,1-5H3,(H,25,27)/t19-,23+,24+,29-/m0/s1. The molecule has 4 nitrogen and oxygen atoms in total. The fourth-order valence-corrected chi connectivity index (χ4v) is 6.19. The molecule has 1 saturated carbocycles. The van der Waals surface area contributed by atoms with E-state index in [4.69, 9.17) is 4.52 Å². The van der Waals surface area contributed by atoms with Crippen molar-refractivity contribution in [1.82, 2.24) is 0 Å². The first kappa shape index (κ1) is 21.9. The summed E-state index contributed by atoms with van der Waals surface area (Å²) in [7, 11) is 0.753. The van der Waals surface area contributed by atoms with Crippen LogP contribution in [0.3, 0.4) is 0 Å². The molecule has 0 heterocycles. The first-order chi connectivity index (χ1) is 13.8. The number of nitrogens with one attached hydrogen (secondary N) is 1. The second-order valence-corrected chi connectivity index (χ2v) is 11.0. The molecule has 3 rings (SSSR count). The zero-order chi connectivity index (χ0) is 21.0. The van der Waals surface area contributed by atoms with Crippen LogP contribution in [0.1, 0.15) is 40.0 Å². The van der Waals surface area contributed by atoms with Crippen LogP contribution < -0.4 is 15.3 Å². The summed E-state index contributed by atoms with van der Waals surface area (Å²) in [5.41, 5.74) is 1.92. The summed E-state index contributed by atoms with van der Waals surface area (Å²) in [5.74, 6) is 1.54. The minimum Gasteiger partial charge on any atom is -0.378 e. The Morgan fingerprint density at radius 1 is 1.03 bits per heavy atom. The molecular weight excluding hydrogens is 379 g/mol. The normalized spacial score (nSPS) is 24.1. The lowest BCUT2D eigenvalue weighted by Crippen LogP contribution is -2.35. The summed E-state index contributed by atoms with van der Waals surface area (Å²) in [5, 5.41) is 3.99. The van der Waals surface area contributed by atoms with Crippen molar-refractivity contribution in [2.24, 2.45) is 17.8 Å². The molecule has 0 aromatic heterocycles. The maximum absolute atomic E-state index is 14.2. The molecule has 0 aliphatic heterocycles. The van der Waals surface area contributed by atoms with Gasteiger partial charge in [0, 0.05) is 25.5 Å². The third kappa shape index (κ3) is 5.43. The average molecular weight is 415 g/mol. The highest BCUT2D eigenvalue weighted by Gasteiger charge is 2.38. The predicted octanol–water partition coefficient (Wildman–Crippen LogP) is 6.16. The Balaban J connectivity index is 1.90. The van der Waals surface area contributed by atoms with Crippen molar-refractivity contribution < 1.29 is 9.09 Å². The molecule has 2 aromatic carbocycles. The fraction of sp³-hybridized carbons (Fsp3) is 0.500. The molecule has 29 heavy (non-hydrogen) atoms. The van der Waals surface area contributed by atoms with Gasteiger partial charge < -0.3 is 14.5 Å². The lowest BCUT2D eigenvalue weighted by atomic mass is 9.75. The molecule has 158 valence electrons. The minimum absolute atomic E-state index is 0.00154. The second kappa shape index (κ2) is 9.36. The van der Waals surface area contributed by atoms with Gasteiger partial charge in [0.15, 0.2) is 0 Å². The third-order valence-corrected chi connectivity index (χ3v) is 8.10. The van der Waals surface area contributed by atoms with E-state index in [0.717, 1.165) is 29.5 Å². The predicted molar refractivity (Wildman–Crippen MR) is 124 cm³/mol. The molecule has 4 atom stereocenters. The number of hydrogen-bond acceptors (Lipinski definition) is 3. The summed E-state index contributed by atoms with van der Waals surface area (Å²) in [6, 6.07) is 17.6. The summed E-state index contributed by atoms with van der Waals surface area (Å²) >= 11 is 0. The molecule has 1 aliphatic rings. The molecule has 0 amide bonds. The van der Waals surface area contributed by atoms with Crippen LogP contribution in [0, 0.1) is 17.8 Å². The maximum Gasteiger partial charge on any atom is 0.324 e. The van der Waals surface area contributed by atoms with E-state index in [1.807, 2.05) is 73.6 Å². The molecule has 0 spiro atoms. The maximum atomic E-state index is 14.2. The van der Waals surface area contributed by atoms with E-state index in [2.05, 4.69) is 25.9 Å². The number of hydrogen-bond donors (Lipinski definition) is 1. The van der Waals surface area contributed by atoms with Crippen LogP contribution in [0.2, 0.25) is 0 Å². The van der Waals surface area contributed by atoms with Crippen LogP contribution in [0.4, 0.5) is 11.4 Å². The summed E-state index contributed by atoms with van der Waals surface area (Å²) in [4.78, 5) is 2.05. The fourth-order valence-electron chi connectivity index (χ4n) is 4.21. The van der Waals surface area contributed by atoms with E-state index < -0.39 is 7.52 Å². The van der Waals surface area contributed by atoms with Crippen LogP contribution in [0.5, 0.6) is 0 Å². The van der Waals surface area contributed by atoms with Crippen LogP contribution in [-0.2, 0) is 9.09 Å². The summed E-state index contributed by atoms with van der Waals surface area (Å²) < 4.78 is 20.7. The molecule has 1 aliphatic carbocycles. The van der Waals surface area contributed by atoms with Crippen molar-refractivity contribution in [2.75, 3.05) is 24.1 Å². The molecule has 1 fully saturated rings. The molecule has 1 N–H and O–H groups in total. The van der Waals surface area contributed by atoms with Crippen LogP contribution >= 0.6 is 7.52 Å². The van der Waals surface area contributed by atoms with Crippen molar-refractivity contribution >= 4 is 24.2 Å². The van der Waals surface area contributed by atoms with E-state index in [1.165, 1.54) is 6.42 Å². The lowest BCUT2D eigenvalue weighted by molar-refractivity contribution is 0.0506. The number of rotatable bonds is 7. The van der Waals surface area contributed by atoms with Crippen molar-refractivity contribution in [3.8, 4) is 0 Å². The van der Waals surface area contributed by atoms with Gasteiger partial charge in [0.05, 0.1) is 11.4 Å². The molecule has 0 saturated heterocycles. The Kier molecular flexibility index (Phi) is 7.08. The molecule has 5 heteroatoms. The van der Waals surface area contributed by atoms with Gasteiger partial charge in [0.1, 0.15) is 0 Å². The van der Waals surface area contributed by atoms with Crippen molar-refractivity contribution in [3.63, 3.8) is 0 Å².